The number of hydrogen-bond donors (Lipinski definition) is 1. The molecule has 0 radical (unpaired) electrons. The zero-order chi connectivity index (χ0) is 13.1. The number of benzene rings is 2. The molecule has 0 unspecified atom stereocenters. The average Bonchev–Trinajstić information content (AvgIpc) is 3.03. The maximum Gasteiger partial charge on any atom is 0.195 e. The van der Waals surface area contributed by atoms with E-state index >= 15 is 0 Å². The third-order valence-electron chi connectivity index (χ3n) is 3.39. The fraction of sp³-hybridized carbons (Fsp3) is 0.250. The molecule has 3 rings (SSSR count). The first-order valence-corrected chi connectivity index (χ1v) is 6.38. The van der Waals surface area contributed by atoms with Gasteiger partial charge in [-0.15, -0.1) is 0 Å². The van der Waals surface area contributed by atoms with E-state index in [1.807, 2.05) is 60.7 Å². The van der Waals surface area contributed by atoms with E-state index in [2.05, 4.69) is 0 Å². The van der Waals surface area contributed by atoms with Gasteiger partial charge in [0.1, 0.15) is 0 Å². The van der Waals surface area contributed by atoms with E-state index in [-0.39, 0.29) is 0 Å². The highest BCUT2D eigenvalue weighted by Gasteiger charge is 2.44. The lowest BCUT2D eigenvalue weighted by Gasteiger charge is -2.33. The molecule has 0 spiro atoms. The van der Waals surface area contributed by atoms with E-state index < -0.39 is 11.9 Å². The molecule has 1 fully saturated rings. The van der Waals surface area contributed by atoms with Crippen molar-refractivity contribution in [2.24, 2.45) is 0 Å². The van der Waals surface area contributed by atoms with Gasteiger partial charge in [-0.3, -0.25) is 0 Å². The SMILES string of the molecule is OC(c1ccccc1)(c1ccccc1)C1OCCO1. The van der Waals surface area contributed by atoms with Crippen LogP contribution in [0.5, 0.6) is 0 Å². The number of hydrogen-bond acceptors (Lipinski definition) is 3. The molecule has 0 saturated carbocycles. The Morgan fingerprint density at radius 2 is 1.21 bits per heavy atom. The van der Waals surface area contributed by atoms with Crippen molar-refractivity contribution in [1.29, 1.82) is 0 Å². The molecule has 0 bridgehead atoms. The monoisotopic (exact) mass is 256 g/mol. The molecule has 0 aromatic heterocycles. The predicted molar refractivity (Wildman–Crippen MR) is 71.6 cm³/mol. The Hall–Kier alpha value is -1.68. The molecule has 19 heavy (non-hydrogen) atoms. The summed E-state index contributed by atoms with van der Waals surface area (Å²) in [4.78, 5) is 0. The molecule has 3 nitrogen and oxygen atoms in total. The molecule has 98 valence electrons. The molecule has 2 aromatic carbocycles. The zero-order valence-corrected chi connectivity index (χ0v) is 10.5. The molecule has 1 saturated heterocycles. The lowest BCUT2D eigenvalue weighted by molar-refractivity contribution is -0.166. The Morgan fingerprint density at radius 3 is 1.63 bits per heavy atom. The van der Waals surface area contributed by atoms with Crippen LogP contribution in [0.1, 0.15) is 11.1 Å². The zero-order valence-electron chi connectivity index (χ0n) is 10.5. The van der Waals surface area contributed by atoms with Crippen molar-refractivity contribution in [1.82, 2.24) is 0 Å². The summed E-state index contributed by atoms with van der Waals surface area (Å²) >= 11 is 0. The summed E-state index contributed by atoms with van der Waals surface area (Å²) in [5, 5.41) is 11.2. The standard InChI is InChI=1S/C16H16O3/c17-16(15-18-11-12-19-15,13-7-3-1-4-8-13)14-9-5-2-6-10-14/h1-10,15,17H,11-12H2. The van der Waals surface area contributed by atoms with E-state index in [0.717, 1.165) is 11.1 Å². The van der Waals surface area contributed by atoms with Crippen molar-refractivity contribution in [2.45, 2.75) is 11.9 Å². The minimum atomic E-state index is -1.28. The van der Waals surface area contributed by atoms with Crippen LogP contribution in [0.2, 0.25) is 0 Å². The Bertz CT molecular complexity index is 479. The van der Waals surface area contributed by atoms with E-state index in [9.17, 15) is 5.11 Å². The topological polar surface area (TPSA) is 38.7 Å². The van der Waals surface area contributed by atoms with Crippen molar-refractivity contribution in [3.8, 4) is 0 Å². The van der Waals surface area contributed by atoms with E-state index in [1.165, 1.54) is 0 Å². The summed E-state index contributed by atoms with van der Waals surface area (Å²) in [6.07, 6.45) is -0.669. The van der Waals surface area contributed by atoms with Gasteiger partial charge >= 0.3 is 0 Å². The second-order valence-electron chi connectivity index (χ2n) is 4.57. The molecule has 0 atom stereocenters. The molecule has 3 heteroatoms. The number of aliphatic hydroxyl groups is 1. The lowest BCUT2D eigenvalue weighted by Crippen LogP contribution is -2.41. The highest BCUT2D eigenvalue weighted by atomic mass is 16.7. The van der Waals surface area contributed by atoms with Crippen LogP contribution in [-0.4, -0.2) is 24.6 Å². The quantitative estimate of drug-likeness (QED) is 0.915. The summed E-state index contributed by atoms with van der Waals surface area (Å²) in [7, 11) is 0. The summed E-state index contributed by atoms with van der Waals surface area (Å²) < 4.78 is 11.1. The Balaban J connectivity index is 2.10. The van der Waals surface area contributed by atoms with Gasteiger partial charge < -0.3 is 14.6 Å². The molecule has 1 aliphatic rings. The van der Waals surface area contributed by atoms with Gasteiger partial charge in [0.2, 0.25) is 0 Å². The molecule has 0 aliphatic carbocycles. The molecule has 1 N–H and O–H groups in total. The van der Waals surface area contributed by atoms with Gasteiger partial charge in [0.05, 0.1) is 13.2 Å². The number of ether oxygens (including phenoxy) is 2. The third kappa shape index (κ3) is 2.16. The van der Waals surface area contributed by atoms with Gasteiger partial charge in [-0.05, 0) is 11.1 Å². The maximum absolute atomic E-state index is 11.2. The van der Waals surface area contributed by atoms with Crippen molar-refractivity contribution in [3.63, 3.8) is 0 Å². The molecular weight excluding hydrogens is 240 g/mol. The van der Waals surface area contributed by atoms with Crippen molar-refractivity contribution < 1.29 is 14.6 Å². The van der Waals surface area contributed by atoms with Crippen LogP contribution in [0.15, 0.2) is 60.7 Å². The maximum atomic E-state index is 11.2. The van der Waals surface area contributed by atoms with E-state index in [0.29, 0.717) is 13.2 Å². The van der Waals surface area contributed by atoms with Crippen LogP contribution >= 0.6 is 0 Å². The normalized spacial score (nSPS) is 16.7. The van der Waals surface area contributed by atoms with Crippen molar-refractivity contribution in [2.75, 3.05) is 13.2 Å². The Morgan fingerprint density at radius 1 is 0.789 bits per heavy atom. The second kappa shape index (κ2) is 5.13. The fourth-order valence-corrected chi connectivity index (χ4v) is 2.42. The van der Waals surface area contributed by atoms with Gasteiger partial charge in [-0.2, -0.15) is 0 Å². The minimum Gasteiger partial charge on any atom is -0.375 e. The second-order valence-corrected chi connectivity index (χ2v) is 4.57. The van der Waals surface area contributed by atoms with Crippen LogP contribution in [0.3, 0.4) is 0 Å². The van der Waals surface area contributed by atoms with Crippen molar-refractivity contribution in [3.05, 3.63) is 71.8 Å². The Labute approximate surface area is 112 Å². The summed E-state index contributed by atoms with van der Waals surface area (Å²) in [5.41, 5.74) is 0.264. The third-order valence-corrected chi connectivity index (χ3v) is 3.39. The molecule has 0 amide bonds. The van der Waals surface area contributed by atoms with Crippen LogP contribution in [0.4, 0.5) is 0 Å². The number of rotatable bonds is 3. The van der Waals surface area contributed by atoms with Gasteiger partial charge in [-0.25, -0.2) is 0 Å². The Kier molecular flexibility index (Phi) is 3.34. The van der Waals surface area contributed by atoms with Gasteiger partial charge in [0.25, 0.3) is 0 Å². The van der Waals surface area contributed by atoms with Crippen molar-refractivity contribution >= 4 is 0 Å². The minimum absolute atomic E-state index is 0.507. The first-order chi connectivity index (χ1) is 9.32. The average molecular weight is 256 g/mol. The highest BCUT2D eigenvalue weighted by molar-refractivity contribution is 5.37. The first-order valence-electron chi connectivity index (χ1n) is 6.38. The predicted octanol–water partition coefficient (Wildman–Crippen LogP) is 2.30. The summed E-state index contributed by atoms with van der Waals surface area (Å²) in [6.45, 7) is 1.01. The van der Waals surface area contributed by atoms with Crippen LogP contribution in [0, 0.1) is 0 Å². The molecule has 1 aliphatic heterocycles. The van der Waals surface area contributed by atoms with Gasteiger partial charge in [0.15, 0.2) is 11.9 Å². The highest BCUT2D eigenvalue weighted by Crippen LogP contribution is 2.36. The molecular formula is C16H16O3. The van der Waals surface area contributed by atoms with Crippen LogP contribution in [-0.2, 0) is 15.1 Å². The summed E-state index contributed by atoms with van der Waals surface area (Å²) in [6, 6.07) is 19.0. The van der Waals surface area contributed by atoms with Gasteiger partial charge in [0, 0.05) is 0 Å². The van der Waals surface area contributed by atoms with E-state index in [4.69, 9.17) is 9.47 Å². The fourth-order valence-electron chi connectivity index (χ4n) is 2.42. The smallest absolute Gasteiger partial charge is 0.195 e. The van der Waals surface area contributed by atoms with Gasteiger partial charge in [-0.1, -0.05) is 60.7 Å². The first kappa shape index (κ1) is 12.4. The summed E-state index contributed by atoms with van der Waals surface area (Å²) in [5.74, 6) is 0. The largest absolute Gasteiger partial charge is 0.375 e. The molecule has 2 aromatic rings. The molecule has 1 heterocycles. The van der Waals surface area contributed by atoms with E-state index in [1.54, 1.807) is 0 Å². The van der Waals surface area contributed by atoms with Crippen LogP contribution in [0.25, 0.3) is 0 Å². The lowest BCUT2D eigenvalue weighted by atomic mass is 9.85. The van der Waals surface area contributed by atoms with Crippen LogP contribution < -0.4 is 0 Å².